The van der Waals surface area contributed by atoms with Crippen LogP contribution in [0.3, 0.4) is 0 Å². The van der Waals surface area contributed by atoms with Crippen molar-refractivity contribution >= 4 is 63.3 Å². The highest BCUT2D eigenvalue weighted by molar-refractivity contribution is 6.23. The molecule has 346 valence electrons. The molecule has 1 aromatic carbocycles. The lowest BCUT2D eigenvalue weighted by Crippen LogP contribution is -2.54. The number of aromatic nitrogens is 4. The van der Waals surface area contributed by atoms with Crippen LogP contribution in [0.15, 0.2) is 47.5 Å². The van der Waals surface area contributed by atoms with E-state index >= 15 is 8.78 Å². The van der Waals surface area contributed by atoms with E-state index in [9.17, 15) is 28.8 Å². The minimum Gasteiger partial charge on any atom is -0.368 e. The van der Waals surface area contributed by atoms with Gasteiger partial charge in [-0.2, -0.15) is 4.98 Å². The van der Waals surface area contributed by atoms with Crippen molar-refractivity contribution in [3.63, 3.8) is 0 Å². The number of piperidine rings is 1. The molecule has 3 fully saturated rings. The van der Waals surface area contributed by atoms with Gasteiger partial charge in [0.1, 0.15) is 17.2 Å². The van der Waals surface area contributed by atoms with Crippen LogP contribution < -0.4 is 20.7 Å². The topological polar surface area (TPSA) is 171 Å². The molecule has 0 bridgehead atoms. The standard InChI is InChI=1S/C45H51F2N9O6.C3H8/c1-26(57)9-13-37(28(3)58)56-41(60)34-12-10-32(21-35(34)42(56)61)54-16-15-30(45(46,47)25-54)24-52-17-19-53(20-18-52)33-11-14-38(48-22-33)50-44-49-23-36-27(2)39(29(4)59)43(62)55(40(36)51-44)31-7-5-6-8-31;1-3-2/h10-12,14,21-23,30-31,37H,5-9,13,15-20,24-25H2,1-4H3,(H,48,49,50,51);3H2,1-2H3. The number of nitrogens with zero attached hydrogens (tertiary/aromatic N) is 8. The number of alkyl halides is 2. The summed E-state index contributed by atoms with van der Waals surface area (Å²) in [5, 5.41) is 3.82. The quantitative estimate of drug-likeness (QED) is 0.106. The number of piperazine rings is 1. The summed E-state index contributed by atoms with van der Waals surface area (Å²) < 4.78 is 33.4. The summed E-state index contributed by atoms with van der Waals surface area (Å²) in [6.07, 6.45) is 8.65. The number of pyridine rings is 2. The van der Waals surface area contributed by atoms with Gasteiger partial charge in [-0.1, -0.05) is 33.1 Å². The highest BCUT2D eigenvalue weighted by Crippen LogP contribution is 2.38. The number of anilines is 4. The predicted molar refractivity (Wildman–Crippen MR) is 245 cm³/mol. The Kier molecular flexibility index (Phi) is 14.2. The zero-order valence-electron chi connectivity index (χ0n) is 38.2. The molecule has 1 aliphatic carbocycles. The second-order valence-electron chi connectivity index (χ2n) is 17.9. The monoisotopic (exact) mass is 895 g/mol. The van der Waals surface area contributed by atoms with Gasteiger partial charge in [-0.05, 0) is 89.3 Å². The molecular formula is C48H59F2N9O6. The molecule has 0 radical (unpaired) electrons. The number of aryl methyl sites for hydroxylation is 1. The maximum absolute atomic E-state index is 15.8. The number of hydrogen-bond acceptors (Lipinski definition) is 13. The second-order valence-corrected chi connectivity index (χ2v) is 17.9. The molecule has 4 aromatic rings. The predicted octanol–water partition coefficient (Wildman–Crippen LogP) is 7.18. The molecule has 2 saturated heterocycles. The largest absolute Gasteiger partial charge is 0.368 e. The lowest BCUT2D eigenvalue weighted by molar-refractivity contribution is -0.121. The minimum atomic E-state index is -3.02. The Bertz CT molecular complexity index is 2530. The van der Waals surface area contributed by atoms with Crippen LogP contribution in [0.2, 0.25) is 0 Å². The van der Waals surface area contributed by atoms with E-state index in [1.807, 2.05) is 12.1 Å². The zero-order valence-corrected chi connectivity index (χ0v) is 38.2. The second kappa shape index (κ2) is 19.6. The number of imide groups is 1. The maximum Gasteiger partial charge on any atom is 0.269 e. The third-order valence-electron chi connectivity index (χ3n) is 13.0. The van der Waals surface area contributed by atoms with Crippen molar-refractivity contribution in [2.45, 2.75) is 111 Å². The first-order valence-corrected chi connectivity index (χ1v) is 22.8. The fourth-order valence-corrected chi connectivity index (χ4v) is 9.58. The molecule has 1 saturated carbocycles. The number of amides is 2. The van der Waals surface area contributed by atoms with Gasteiger partial charge in [0.05, 0.1) is 41.2 Å². The van der Waals surface area contributed by atoms with E-state index in [2.05, 4.69) is 38.9 Å². The van der Waals surface area contributed by atoms with E-state index in [0.717, 1.165) is 36.3 Å². The van der Waals surface area contributed by atoms with Crippen LogP contribution >= 0.6 is 0 Å². The molecule has 17 heteroatoms. The third kappa shape index (κ3) is 9.85. The van der Waals surface area contributed by atoms with Gasteiger partial charge in [-0.15, -0.1) is 0 Å². The Labute approximate surface area is 377 Å². The van der Waals surface area contributed by atoms with Crippen LogP contribution in [0.1, 0.15) is 129 Å². The first kappa shape index (κ1) is 47.0. The van der Waals surface area contributed by atoms with Crippen LogP contribution in [0.5, 0.6) is 0 Å². The number of carbonyl (C=O) groups is 5. The highest BCUT2D eigenvalue weighted by Gasteiger charge is 2.47. The van der Waals surface area contributed by atoms with Crippen LogP contribution in [-0.4, -0.2) is 116 Å². The number of carbonyl (C=O) groups excluding carboxylic acids is 5. The van der Waals surface area contributed by atoms with Crippen molar-refractivity contribution in [2.24, 2.45) is 5.92 Å². The summed E-state index contributed by atoms with van der Waals surface area (Å²) in [5.74, 6) is -5.23. The van der Waals surface area contributed by atoms with E-state index in [0.29, 0.717) is 60.8 Å². The summed E-state index contributed by atoms with van der Waals surface area (Å²) in [6.45, 7) is 12.6. The number of benzene rings is 1. The molecule has 65 heavy (non-hydrogen) atoms. The maximum atomic E-state index is 15.8. The number of hydrogen-bond donors (Lipinski definition) is 1. The lowest BCUT2D eigenvalue weighted by atomic mass is 9.91. The van der Waals surface area contributed by atoms with Crippen LogP contribution in [0.4, 0.5) is 31.9 Å². The van der Waals surface area contributed by atoms with Gasteiger partial charge < -0.3 is 19.9 Å². The molecule has 6 heterocycles. The summed E-state index contributed by atoms with van der Waals surface area (Å²) in [7, 11) is 0. The molecule has 3 aliphatic heterocycles. The number of rotatable bonds is 13. The Morgan fingerprint density at radius 1 is 0.846 bits per heavy atom. The smallest absolute Gasteiger partial charge is 0.269 e. The van der Waals surface area contributed by atoms with Crippen molar-refractivity contribution in [1.29, 1.82) is 0 Å². The number of halogens is 2. The summed E-state index contributed by atoms with van der Waals surface area (Å²) in [4.78, 5) is 97.2. The van der Waals surface area contributed by atoms with E-state index in [-0.39, 0.29) is 71.6 Å². The van der Waals surface area contributed by atoms with Gasteiger partial charge in [-0.3, -0.25) is 38.3 Å². The molecule has 0 spiro atoms. The van der Waals surface area contributed by atoms with Gasteiger partial charge >= 0.3 is 0 Å². The van der Waals surface area contributed by atoms with Crippen molar-refractivity contribution in [3.8, 4) is 0 Å². The van der Waals surface area contributed by atoms with Crippen molar-refractivity contribution in [3.05, 3.63) is 75.3 Å². The molecular weight excluding hydrogens is 837 g/mol. The molecule has 3 aromatic heterocycles. The van der Waals surface area contributed by atoms with Crippen LogP contribution in [0.25, 0.3) is 11.0 Å². The highest BCUT2D eigenvalue weighted by atomic mass is 19.3. The number of nitrogens with one attached hydrogen (secondary N) is 1. The van der Waals surface area contributed by atoms with Crippen LogP contribution in [-0.2, 0) is 9.59 Å². The van der Waals surface area contributed by atoms with E-state index in [4.69, 9.17) is 4.98 Å². The summed E-state index contributed by atoms with van der Waals surface area (Å²) in [6, 6.07) is 7.14. The van der Waals surface area contributed by atoms with Gasteiger partial charge in [0.25, 0.3) is 23.3 Å². The minimum absolute atomic E-state index is 0.0311. The van der Waals surface area contributed by atoms with Crippen LogP contribution in [0, 0.1) is 12.8 Å². The summed E-state index contributed by atoms with van der Waals surface area (Å²) >= 11 is 0. The van der Waals surface area contributed by atoms with Crippen molar-refractivity contribution < 1.29 is 32.8 Å². The van der Waals surface area contributed by atoms with Gasteiger partial charge in [0, 0.05) is 74.9 Å². The molecule has 1 N–H and O–H groups in total. The molecule has 2 amide bonds. The fourth-order valence-electron chi connectivity index (χ4n) is 9.58. The van der Waals surface area contributed by atoms with E-state index < -0.39 is 42.0 Å². The SMILES string of the molecule is CC(=O)CCC(C(C)=O)N1C(=O)c2ccc(N3CCC(CN4CCN(c5ccc(Nc6ncc7c(C)c(C(C)=O)c(=O)n(C8CCCC8)c7n6)nc5)CC4)C(F)(F)C3)cc2C1=O.CCC. The van der Waals surface area contributed by atoms with Gasteiger partial charge in [0.15, 0.2) is 11.6 Å². The van der Waals surface area contributed by atoms with E-state index in [1.165, 1.54) is 39.3 Å². The molecule has 4 aliphatic rings. The Hall–Kier alpha value is -5.97. The van der Waals surface area contributed by atoms with Crippen molar-refractivity contribution in [2.75, 3.05) is 60.9 Å². The number of fused-ring (bicyclic) bond motifs is 2. The Morgan fingerprint density at radius 3 is 2.14 bits per heavy atom. The average Bonchev–Trinajstić information content (AvgIpc) is 3.88. The molecule has 15 nitrogen and oxygen atoms in total. The van der Waals surface area contributed by atoms with Gasteiger partial charge in [-0.25, -0.2) is 18.7 Å². The van der Waals surface area contributed by atoms with Crippen molar-refractivity contribution in [1.82, 2.24) is 29.3 Å². The molecule has 2 unspecified atom stereocenters. The fraction of sp³-hybridized carbons (Fsp3) is 0.521. The summed E-state index contributed by atoms with van der Waals surface area (Å²) in [5.41, 5.74) is 2.41. The Balaban J connectivity index is 0.00000204. The van der Waals surface area contributed by atoms with Gasteiger partial charge in [0.2, 0.25) is 5.95 Å². The Morgan fingerprint density at radius 2 is 1.52 bits per heavy atom. The third-order valence-corrected chi connectivity index (χ3v) is 13.0. The molecule has 2 atom stereocenters. The number of Topliss-reactive ketones (excluding diaryl/α,β-unsaturated/α-hetero) is 3. The average molecular weight is 896 g/mol. The molecule has 8 rings (SSSR count). The number of ketones is 3. The lowest BCUT2D eigenvalue weighted by Gasteiger charge is -2.43. The first-order valence-electron chi connectivity index (χ1n) is 22.8. The zero-order chi connectivity index (χ0) is 46.7. The first-order chi connectivity index (χ1) is 31.0. The van der Waals surface area contributed by atoms with E-state index in [1.54, 1.807) is 34.9 Å². The normalized spacial score (nSPS) is 19.3.